The first kappa shape index (κ1) is 15.9. The third-order valence-corrected chi connectivity index (χ3v) is 4.04. The van der Waals surface area contributed by atoms with Crippen LogP contribution in [0, 0.1) is 19.7 Å². The third kappa shape index (κ3) is 3.06. The van der Waals surface area contributed by atoms with Crippen molar-refractivity contribution in [1.29, 1.82) is 0 Å². The smallest absolute Gasteiger partial charge is 0.255 e. The van der Waals surface area contributed by atoms with Gasteiger partial charge in [-0.2, -0.15) is 5.10 Å². The Morgan fingerprint density at radius 1 is 1.12 bits per heavy atom. The number of nitrogens with one attached hydrogen (secondary N) is 1. The Balaban J connectivity index is 1.80. The van der Waals surface area contributed by atoms with Crippen molar-refractivity contribution in [3.05, 3.63) is 82.9 Å². The van der Waals surface area contributed by atoms with Crippen LogP contribution >= 0.6 is 0 Å². The molecule has 1 N–H and O–H groups in total. The Morgan fingerprint density at radius 3 is 2.58 bits per heavy atom. The molecule has 0 atom stereocenters. The fraction of sp³-hybridized carbons (Fsp3) is 0.158. The number of aryl methyl sites for hydroxylation is 1. The minimum atomic E-state index is -0.379. The van der Waals surface area contributed by atoms with E-state index in [1.165, 1.54) is 16.9 Å². The van der Waals surface area contributed by atoms with Crippen LogP contribution in [-0.4, -0.2) is 15.7 Å². The van der Waals surface area contributed by atoms with Gasteiger partial charge < -0.3 is 5.32 Å². The molecule has 0 fully saturated rings. The zero-order valence-electron chi connectivity index (χ0n) is 13.6. The average molecular weight is 323 g/mol. The maximum Gasteiger partial charge on any atom is 0.255 e. The molecule has 24 heavy (non-hydrogen) atoms. The highest BCUT2D eigenvalue weighted by molar-refractivity contribution is 5.95. The van der Waals surface area contributed by atoms with E-state index in [2.05, 4.69) is 10.4 Å². The maximum atomic E-state index is 13.9. The van der Waals surface area contributed by atoms with E-state index in [9.17, 15) is 9.18 Å². The van der Waals surface area contributed by atoms with Gasteiger partial charge >= 0.3 is 0 Å². The lowest BCUT2D eigenvalue weighted by molar-refractivity contribution is 0.0950. The molecule has 0 aliphatic rings. The van der Waals surface area contributed by atoms with Crippen LogP contribution in [0.5, 0.6) is 0 Å². The molecule has 0 radical (unpaired) electrons. The molecule has 2 aromatic carbocycles. The summed E-state index contributed by atoms with van der Waals surface area (Å²) in [5.41, 5.74) is 3.55. The van der Waals surface area contributed by atoms with Crippen LogP contribution in [0.3, 0.4) is 0 Å². The van der Waals surface area contributed by atoms with Crippen molar-refractivity contribution in [2.75, 3.05) is 0 Å². The third-order valence-electron chi connectivity index (χ3n) is 4.04. The summed E-state index contributed by atoms with van der Waals surface area (Å²) in [4.78, 5) is 12.4. The second-order valence-electron chi connectivity index (χ2n) is 5.62. The number of amides is 1. The van der Waals surface area contributed by atoms with Gasteiger partial charge in [0.2, 0.25) is 0 Å². The standard InChI is InChI=1S/C19H18FN3O/c1-13-7-3-4-8-15(13)11-21-19(24)16-12-22-23(14(16)2)18-10-6-5-9-17(18)20/h3-10,12H,11H2,1-2H3,(H,21,24). The van der Waals surface area contributed by atoms with E-state index in [0.717, 1.165) is 11.1 Å². The Bertz CT molecular complexity index is 886. The van der Waals surface area contributed by atoms with Crippen LogP contribution in [0.15, 0.2) is 54.7 Å². The van der Waals surface area contributed by atoms with Crippen molar-refractivity contribution in [1.82, 2.24) is 15.1 Å². The summed E-state index contributed by atoms with van der Waals surface area (Å²) in [5.74, 6) is -0.603. The first-order valence-electron chi connectivity index (χ1n) is 7.70. The van der Waals surface area contributed by atoms with E-state index in [0.29, 0.717) is 23.5 Å². The number of hydrogen-bond acceptors (Lipinski definition) is 2. The fourth-order valence-electron chi connectivity index (χ4n) is 2.58. The van der Waals surface area contributed by atoms with E-state index < -0.39 is 0 Å². The molecule has 4 nitrogen and oxygen atoms in total. The minimum Gasteiger partial charge on any atom is -0.348 e. The summed E-state index contributed by atoms with van der Waals surface area (Å²) >= 11 is 0. The highest BCUT2D eigenvalue weighted by atomic mass is 19.1. The van der Waals surface area contributed by atoms with Gasteiger partial charge in [-0.05, 0) is 37.1 Å². The predicted molar refractivity (Wildman–Crippen MR) is 90.6 cm³/mol. The summed E-state index contributed by atoms with van der Waals surface area (Å²) in [5, 5.41) is 7.05. The molecular weight excluding hydrogens is 305 g/mol. The number of aromatic nitrogens is 2. The molecule has 122 valence electrons. The number of halogens is 1. The van der Waals surface area contributed by atoms with E-state index in [1.54, 1.807) is 25.1 Å². The summed E-state index contributed by atoms with van der Waals surface area (Å²) in [7, 11) is 0. The van der Waals surface area contributed by atoms with Gasteiger partial charge in [0.15, 0.2) is 0 Å². The van der Waals surface area contributed by atoms with Gasteiger partial charge in [0.1, 0.15) is 11.5 Å². The summed E-state index contributed by atoms with van der Waals surface area (Å²) in [6, 6.07) is 14.2. The van der Waals surface area contributed by atoms with Gasteiger partial charge in [0.25, 0.3) is 5.91 Å². The number of para-hydroxylation sites is 1. The topological polar surface area (TPSA) is 46.9 Å². The average Bonchev–Trinajstić information content (AvgIpc) is 2.96. The molecule has 0 aliphatic heterocycles. The zero-order chi connectivity index (χ0) is 17.1. The zero-order valence-corrected chi connectivity index (χ0v) is 13.6. The Morgan fingerprint density at radius 2 is 1.83 bits per heavy atom. The number of carbonyl (C=O) groups excluding carboxylic acids is 1. The summed E-state index contributed by atoms with van der Waals surface area (Å²) < 4.78 is 15.4. The fourth-order valence-corrected chi connectivity index (χ4v) is 2.58. The molecule has 0 saturated carbocycles. The number of rotatable bonds is 4. The number of carbonyl (C=O) groups is 1. The van der Waals surface area contributed by atoms with E-state index in [4.69, 9.17) is 0 Å². The summed E-state index contributed by atoms with van der Waals surface area (Å²) in [6.45, 7) is 4.20. The van der Waals surface area contributed by atoms with Crippen LogP contribution in [-0.2, 0) is 6.54 Å². The number of benzene rings is 2. The monoisotopic (exact) mass is 323 g/mol. The molecule has 0 bridgehead atoms. The van der Waals surface area contributed by atoms with Crippen molar-refractivity contribution in [2.45, 2.75) is 20.4 Å². The second kappa shape index (κ2) is 6.66. The van der Waals surface area contributed by atoms with Crippen molar-refractivity contribution in [3.8, 4) is 5.69 Å². The summed E-state index contributed by atoms with van der Waals surface area (Å²) in [6.07, 6.45) is 1.47. The molecule has 1 amide bonds. The Labute approximate surface area is 139 Å². The normalized spacial score (nSPS) is 10.6. The SMILES string of the molecule is Cc1ccccc1CNC(=O)c1cnn(-c2ccccc2F)c1C. The molecule has 0 spiro atoms. The van der Waals surface area contributed by atoms with Crippen molar-refractivity contribution in [3.63, 3.8) is 0 Å². The van der Waals surface area contributed by atoms with Gasteiger partial charge in [0, 0.05) is 6.54 Å². The highest BCUT2D eigenvalue weighted by Crippen LogP contribution is 2.17. The van der Waals surface area contributed by atoms with Crippen LogP contribution in [0.25, 0.3) is 5.69 Å². The number of hydrogen-bond donors (Lipinski definition) is 1. The predicted octanol–water partition coefficient (Wildman–Crippen LogP) is 3.56. The van der Waals surface area contributed by atoms with Gasteiger partial charge in [-0.3, -0.25) is 4.79 Å². The molecular formula is C19H18FN3O. The van der Waals surface area contributed by atoms with Gasteiger partial charge in [-0.25, -0.2) is 9.07 Å². The maximum absolute atomic E-state index is 13.9. The molecule has 3 rings (SSSR count). The first-order chi connectivity index (χ1) is 11.6. The van der Waals surface area contributed by atoms with Gasteiger partial charge in [-0.15, -0.1) is 0 Å². The number of nitrogens with zero attached hydrogens (tertiary/aromatic N) is 2. The van der Waals surface area contributed by atoms with E-state index in [-0.39, 0.29) is 11.7 Å². The van der Waals surface area contributed by atoms with Crippen molar-refractivity contribution in [2.24, 2.45) is 0 Å². The quantitative estimate of drug-likeness (QED) is 0.798. The second-order valence-corrected chi connectivity index (χ2v) is 5.62. The van der Waals surface area contributed by atoms with Crippen LogP contribution in [0.4, 0.5) is 4.39 Å². The lowest BCUT2D eigenvalue weighted by Gasteiger charge is -2.08. The van der Waals surface area contributed by atoms with Crippen LogP contribution < -0.4 is 5.32 Å². The molecule has 0 unspecified atom stereocenters. The lowest BCUT2D eigenvalue weighted by Crippen LogP contribution is -2.23. The molecule has 0 aliphatic carbocycles. The largest absolute Gasteiger partial charge is 0.348 e. The molecule has 0 saturated heterocycles. The highest BCUT2D eigenvalue weighted by Gasteiger charge is 2.16. The van der Waals surface area contributed by atoms with Crippen molar-refractivity contribution < 1.29 is 9.18 Å². The van der Waals surface area contributed by atoms with Crippen LogP contribution in [0.2, 0.25) is 0 Å². The van der Waals surface area contributed by atoms with Crippen molar-refractivity contribution >= 4 is 5.91 Å². The van der Waals surface area contributed by atoms with Gasteiger partial charge in [-0.1, -0.05) is 36.4 Å². The van der Waals surface area contributed by atoms with Gasteiger partial charge in [0.05, 0.1) is 17.5 Å². The first-order valence-corrected chi connectivity index (χ1v) is 7.70. The molecule has 5 heteroatoms. The van der Waals surface area contributed by atoms with E-state index in [1.807, 2.05) is 31.2 Å². The Hall–Kier alpha value is -2.95. The molecule has 3 aromatic rings. The Kier molecular flexibility index (Phi) is 4.42. The van der Waals surface area contributed by atoms with Crippen LogP contribution in [0.1, 0.15) is 27.2 Å². The minimum absolute atomic E-state index is 0.224. The lowest BCUT2D eigenvalue weighted by atomic mass is 10.1. The van der Waals surface area contributed by atoms with E-state index >= 15 is 0 Å². The molecule has 1 aromatic heterocycles. The molecule has 1 heterocycles.